The first kappa shape index (κ1) is 14.5. The smallest absolute Gasteiger partial charge is 0.221 e. The first-order valence-electron chi connectivity index (χ1n) is 6.95. The molecule has 0 saturated carbocycles. The van der Waals surface area contributed by atoms with Crippen LogP contribution in [0.25, 0.3) is 0 Å². The first-order chi connectivity index (χ1) is 8.22. The fourth-order valence-corrected chi connectivity index (χ4v) is 2.25. The number of hydrogen-bond acceptors (Lipinski definition) is 3. The summed E-state index contributed by atoms with van der Waals surface area (Å²) in [7, 11) is 0. The van der Waals surface area contributed by atoms with Crippen molar-refractivity contribution in [2.45, 2.75) is 58.0 Å². The lowest BCUT2D eigenvalue weighted by Crippen LogP contribution is -2.36. The molecule has 1 fully saturated rings. The van der Waals surface area contributed by atoms with Gasteiger partial charge in [0.2, 0.25) is 5.91 Å². The van der Waals surface area contributed by atoms with Crippen molar-refractivity contribution in [1.82, 2.24) is 16.0 Å². The fraction of sp³-hybridized carbons (Fsp3) is 0.923. The molecule has 1 aliphatic rings. The van der Waals surface area contributed by atoms with Crippen LogP contribution < -0.4 is 16.0 Å². The zero-order valence-electron chi connectivity index (χ0n) is 11.2. The second-order valence-electron chi connectivity index (χ2n) is 4.98. The third-order valence-corrected chi connectivity index (χ3v) is 3.22. The van der Waals surface area contributed by atoms with Gasteiger partial charge in [-0.3, -0.25) is 4.79 Å². The Morgan fingerprint density at radius 2 is 2.29 bits per heavy atom. The zero-order valence-corrected chi connectivity index (χ0v) is 11.2. The van der Waals surface area contributed by atoms with Crippen LogP contribution in [0, 0.1) is 0 Å². The van der Waals surface area contributed by atoms with Gasteiger partial charge < -0.3 is 16.0 Å². The van der Waals surface area contributed by atoms with Crippen LogP contribution in [0.4, 0.5) is 0 Å². The highest BCUT2D eigenvalue weighted by atomic mass is 16.1. The number of rotatable bonds is 8. The van der Waals surface area contributed by atoms with Gasteiger partial charge in [0.1, 0.15) is 0 Å². The van der Waals surface area contributed by atoms with Crippen LogP contribution in [-0.4, -0.2) is 37.6 Å². The minimum atomic E-state index is 0.158. The summed E-state index contributed by atoms with van der Waals surface area (Å²) in [6, 6.07) is 1.16. The summed E-state index contributed by atoms with van der Waals surface area (Å²) in [5.41, 5.74) is 0. The van der Waals surface area contributed by atoms with Crippen LogP contribution in [0.2, 0.25) is 0 Å². The predicted molar refractivity (Wildman–Crippen MR) is 71.0 cm³/mol. The summed E-state index contributed by atoms with van der Waals surface area (Å²) in [4.78, 5) is 11.4. The van der Waals surface area contributed by atoms with E-state index >= 15 is 0 Å². The topological polar surface area (TPSA) is 53.2 Å². The van der Waals surface area contributed by atoms with Crippen molar-refractivity contribution in [3.8, 4) is 0 Å². The molecule has 1 rings (SSSR count). The van der Waals surface area contributed by atoms with Gasteiger partial charge in [-0.15, -0.1) is 0 Å². The van der Waals surface area contributed by atoms with Gasteiger partial charge in [-0.2, -0.15) is 0 Å². The van der Waals surface area contributed by atoms with E-state index in [1.165, 1.54) is 12.8 Å². The highest BCUT2D eigenvalue weighted by Gasteiger charge is 2.16. The quantitative estimate of drug-likeness (QED) is 0.595. The molecule has 4 nitrogen and oxygen atoms in total. The molecule has 2 atom stereocenters. The van der Waals surface area contributed by atoms with Gasteiger partial charge in [-0.05, 0) is 39.2 Å². The molecule has 0 aromatic heterocycles. The highest BCUT2D eigenvalue weighted by Crippen LogP contribution is 2.10. The third-order valence-electron chi connectivity index (χ3n) is 3.22. The van der Waals surface area contributed by atoms with Crippen molar-refractivity contribution < 1.29 is 4.79 Å². The monoisotopic (exact) mass is 241 g/mol. The van der Waals surface area contributed by atoms with Crippen LogP contribution in [0.15, 0.2) is 0 Å². The Balaban J connectivity index is 1.99. The minimum Gasteiger partial charge on any atom is -0.356 e. The lowest BCUT2D eigenvalue weighted by Gasteiger charge is -2.18. The van der Waals surface area contributed by atoms with Crippen molar-refractivity contribution in [3.63, 3.8) is 0 Å². The van der Waals surface area contributed by atoms with Crippen molar-refractivity contribution in [2.75, 3.05) is 19.6 Å². The second-order valence-corrected chi connectivity index (χ2v) is 4.98. The molecule has 0 bridgehead atoms. The van der Waals surface area contributed by atoms with Gasteiger partial charge in [-0.25, -0.2) is 0 Å². The maximum Gasteiger partial charge on any atom is 0.221 e. The van der Waals surface area contributed by atoms with Gasteiger partial charge in [0.15, 0.2) is 0 Å². The molecule has 1 aliphatic heterocycles. The zero-order chi connectivity index (χ0) is 12.5. The molecule has 100 valence electrons. The van der Waals surface area contributed by atoms with Crippen molar-refractivity contribution in [3.05, 3.63) is 0 Å². The molecule has 0 radical (unpaired) electrons. The standard InChI is InChI=1S/C13H27N3O/c1-3-7-16-13(17)6-9-14-11(2)10-12-5-4-8-15-12/h11-12,14-15H,3-10H2,1-2H3,(H,16,17). The maximum atomic E-state index is 11.4. The van der Waals surface area contributed by atoms with E-state index in [0.29, 0.717) is 18.5 Å². The first-order valence-corrected chi connectivity index (χ1v) is 6.95. The van der Waals surface area contributed by atoms with Gasteiger partial charge in [0.25, 0.3) is 0 Å². The SMILES string of the molecule is CCCNC(=O)CCNC(C)CC1CCCN1. The molecule has 0 aliphatic carbocycles. The highest BCUT2D eigenvalue weighted by molar-refractivity contribution is 5.75. The fourth-order valence-electron chi connectivity index (χ4n) is 2.25. The van der Waals surface area contributed by atoms with E-state index in [9.17, 15) is 4.79 Å². The average molecular weight is 241 g/mol. The molecule has 0 spiro atoms. The predicted octanol–water partition coefficient (Wildman–Crippen LogP) is 1.02. The summed E-state index contributed by atoms with van der Waals surface area (Å²) in [5, 5.41) is 9.80. The molecular formula is C13H27N3O. The Morgan fingerprint density at radius 3 is 2.94 bits per heavy atom. The Labute approximate surface area is 105 Å². The summed E-state index contributed by atoms with van der Waals surface area (Å²) < 4.78 is 0. The van der Waals surface area contributed by atoms with E-state index < -0.39 is 0 Å². The van der Waals surface area contributed by atoms with Crippen LogP contribution in [0.1, 0.15) is 46.0 Å². The summed E-state index contributed by atoms with van der Waals surface area (Å²) >= 11 is 0. The maximum absolute atomic E-state index is 11.4. The van der Waals surface area contributed by atoms with Crippen LogP contribution >= 0.6 is 0 Å². The van der Waals surface area contributed by atoms with E-state index in [0.717, 1.165) is 32.5 Å². The second kappa shape index (κ2) is 8.48. The number of hydrogen-bond donors (Lipinski definition) is 3. The van der Waals surface area contributed by atoms with Crippen molar-refractivity contribution in [1.29, 1.82) is 0 Å². The summed E-state index contributed by atoms with van der Waals surface area (Å²) in [6.07, 6.45) is 5.35. The molecular weight excluding hydrogens is 214 g/mol. The normalized spacial score (nSPS) is 21.4. The minimum absolute atomic E-state index is 0.158. The Morgan fingerprint density at radius 1 is 1.47 bits per heavy atom. The van der Waals surface area contributed by atoms with Gasteiger partial charge in [0, 0.05) is 31.6 Å². The lowest BCUT2D eigenvalue weighted by molar-refractivity contribution is -0.121. The van der Waals surface area contributed by atoms with E-state index in [2.05, 4.69) is 29.8 Å². The number of nitrogens with one attached hydrogen (secondary N) is 3. The average Bonchev–Trinajstić information content (AvgIpc) is 2.79. The Kier molecular flexibility index (Phi) is 7.21. The Hall–Kier alpha value is -0.610. The molecule has 1 heterocycles. The third kappa shape index (κ3) is 6.64. The summed E-state index contributed by atoms with van der Waals surface area (Å²) in [5.74, 6) is 0.158. The van der Waals surface area contributed by atoms with Crippen molar-refractivity contribution >= 4 is 5.91 Å². The summed E-state index contributed by atoms with van der Waals surface area (Å²) in [6.45, 7) is 7.00. The molecule has 1 amide bonds. The van der Waals surface area contributed by atoms with Gasteiger partial charge >= 0.3 is 0 Å². The van der Waals surface area contributed by atoms with Crippen LogP contribution in [0.5, 0.6) is 0 Å². The van der Waals surface area contributed by atoms with Crippen LogP contribution in [-0.2, 0) is 4.79 Å². The number of carbonyl (C=O) groups excluding carboxylic acids is 1. The van der Waals surface area contributed by atoms with Gasteiger partial charge in [-0.1, -0.05) is 6.92 Å². The molecule has 1 saturated heterocycles. The van der Waals surface area contributed by atoms with Crippen LogP contribution in [0.3, 0.4) is 0 Å². The molecule has 3 N–H and O–H groups in total. The van der Waals surface area contributed by atoms with Gasteiger partial charge in [0.05, 0.1) is 0 Å². The molecule has 17 heavy (non-hydrogen) atoms. The molecule has 4 heteroatoms. The lowest BCUT2D eigenvalue weighted by atomic mass is 10.1. The van der Waals surface area contributed by atoms with E-state index in [4.69, 9.17) is 0 Å². The number of amides is 1. The van der Waals surface area contributed by atoms with E-state index in [1.54, 1.807) is 0 Å². The molecule has 0 aromatic carbocycles. The number of carbonyl (C=O) groups is 1. The largest absolute Gasteiger partial charge is 0.356 e. The molecule has 0 aromatic rings. The van der Waals surface area contributed by atoms with Crippen molar-refractivity contribution in [2.24, 2.45) is 0 Å². The van der Waals surface area contributed by atoms with E-state index in [-0.39, 0.29) is 5.91 Å². The molecule has 2 unspecified atom stereocenters. The Bertz CT molecular complexity index is 215. The van der Waals surface area contributed by atoms with E-state index in [1.807, 2.05) is 0 Å².